The van der Waals surface area contributed by atoms with Gasteiger partial charge in [0.1, 0.15) is 17.7 Å². The second-order valence-electron chi connectivity index (χ2n) is 5.88. The highest BCUT2D eigenvalue weighted by atomic mass is 19.1. The molecule has 0 unspecified atom stereocenters. The third-order valence-corrected chi connectivity index (χ3v) is 3.54. The van der Waals surface area contributed by atoms with Crippen LogP contribution in [0.15, 0.2) is 48.5 Å². The molecule has 0 spiro atoms. The lowest BCUT2D eigenvalue weighted by Gasteiger charge is -2.14. The first-order chi connectivity index (χ1) is 12.8. The number of hydrogen-bond acceptors (Lipinski definition) is 3. The Kier molecular flexibility index (Phi) is 6.99. The second kappa shape index (κ2) is 9.42. The van der Waals surface area contributed by atoms with E-state index in [0.717, 1.165) is 12.1 Å². The third kappa shape index (κ3) is 6.85. The van der Waals surface area contributed by atoms with E-state index in [1.165, 1.54) is 6.92 Å². The maximum Gasteiger partial charge on any atom is 0.243 e. The first kappa shape index (κ1) is 20.0. The molecule has 0 saturated heterocycles. The lowest BCUT2D eigenvalue weighted by molar-refractivity contribution is -0.129. The van der Waals surface area contributed by atoms with E-state index in [1.54, 1.807) is 30.3 Å². The first-order valence-corrected chi connectivity index (χ1v) is 8.20. The van der Waals surface area contributed by atoms with Crippen molar-refractivity contribution in [3.05, 3.63) is 65.7 Å². The van der Waals surface area contributed by atoms with E-state index < -0.39 is 35.4 Å². The van der Waals surface area contributed by atoms with Crippen molar-refractivity contribution in [1.29, 1.82) is 0 Å². The number of amides is 3. The van der Waals surface area contributed by atoms with Crippen LogP contribution in [-0.4, -0.2) is 30.3 Å². The number of anilines is 1. The van der Waals surface area contributed by atoms with E-state index in [9.17, 15) is 23.2 Å². The smallest absolute Gasteiger partial charge is 0.243 e. The molecule has 1 atom stereocenters. The topological polar surface area (TPSA) is 87.3 Å². The molecule has 0 saturated carbocycles. The molecule has 0 aromatic heterocycles. The lowest BCUT2D eigenvalue weighted by atomic mass is 10.1. The predicted molar refractivity (Wildman–Crippen MR) is 95.7 cm³/mol. The number of hydrogen-bond donors (Lipinski definition) is 3. The van der Waals surface area contributed by atoms with Gasteiger partial charge in [0.05, 0.1) is 13.0 Å². The van der Waals surface area contributed by atoms with Gasteiger partial charge in [-0.25, -0.2) is 8.78 Å². The Hall–Kier alpha value is -3.29. The second-order valence-corrected chi connectivity index (χ2v) is 5.88. The van der Waals surface area contributed by atoms with E-state index in [-0.39, 0.29) is 18.5 Å². The predicted octanol–water partition coefficient (Wildman–Crippen LogP) is 1.77. The van der Waals surface area contributed by atoms with Crippen molar-refractivity contribution in [1.82, 2.24) is 10.6 Å². The molecule has 2 rings (SSSR count). The van der Waals surface area contributed by atoms with E-state index in [2.05, 4.69) is 16.0 Å². The van der Waals surface area contributed by atoms with Crippen LogP contribution in [0.25, 0.3) is 0 Å². The van der Waals surface area contributed by atoms with Gasteiger partial charge in [-0.3, -0.25) is 14.4 Å². The van der Waals surface area contributed by atoms with Crippen LogP contribution >= 0.6 is 0 Å². The fraction of sp³-hybridized carbons (Fsp3) is 0.211. The van der Waals surface area contributed by atoms with Crippen LogP contribution in [0.5, 0.6) is 0 Å². The highest BCUT2D eigenvalue weighted by molar-refractivity contribution is 5.96. The fourth-order valence-corrected chi connectivity index (χ4v) is 2.30. The maximum absolute atomic E-state index is 13.1. The first-order valence-electron chi connectivity index (χ1n) is 8.20. The highest BCUT2D eigenvalue weighted by Gasteiger charge is 2.17. The summed E-state index contributed by atoms with van der Waals surface area (Å²) in [5.74, 6) is -3.11. The molecule has 2 aromatic rings. The number of para-hydroxylation sites is 1. The molecule has 8 heteroatoms. The Bertz CT molecular complexity index is 808. The summed E-state index contributed by atoms with van der Waals surface area (Å²) in [5.41, 5.74) is 0.750. The van der Waals surface area contributed by atoms with E-state index >= 15 is 0 Å². The molecule has 0 aliphatic carbocycles. The van der Waals surface area contributed by atoms with Gasteiger partial charge in [-0.15, -0.1) is 0 Å². The number of carbonyl (C=O) groups is 3. The molecule has 0 aliphatic rings. The van der Waals surface area contributed by atoms with Crippen molar-refractivity contribution < 1.29 is 23.2 Å². The molecular formula is C19H19F2N3O3. The molecule has 0 heterocycles. The van der Waals surface area contributed by atoms with Gasteiger partial charge in [0.2, 0.25) is 17.7 Å². The SMILES string of the molecule is C[C@H](NC(=O)Cc1cc(F)cc(F)c1)C(=O)NCC(=O)Nc1ccccc1. The number of carbonyl (C=O) groups excluding carboxylic acids is 3. The van der Waals surface area contributed by atoms with Gasteiger partial charge in [-0.1, -0.05) is 18.2 Å². The zero-order valence-corrected chi connectivity index (χ0v) is 14.6. The molecule has 0 aliphatic heterocycles. The number of rotatable bonds is 7. The van der Waals surface area contributed by atoms with Gasteiger partial charge in [0, 0.05) is 11.8 Å². The molecule has 0 radical (unpaired) electrons. The monoisotopic (exact) mass is 375 g/mol. The van der Waals surface area contributed by atoms with Crippen molar-refractivity contribution in [2.24, 2.45) is 0 Å². The van der Waals surface area contributed by atoms with Crippen molar-refractivity contribution in [2.75, 3.05) is 11.9 Å². The molecule has 0 fully saturated rings. The number of benzene rings is 2. The van der Waals surface area contributed by atoms with Crippen LogP contribution < -0.4 is 16.0 Å². The minimum atomic E-state index is -0.916. The van der Waals surface area contributed by atoms with Gasteiger partial charge in [-0.05, 0) is 36.8 Å². The summed E-state index contributed by atoms with van der Waals surface area (Å²) in [6.07, 6.45) is -0.277. The Morgan fingerprint density at radius 2 is 1.59 bits per heavy atom. The minimum absolute atomic E-state index is 0.153. The molecule has 27 heavy (non-hydrogen) atoms. The van der Waals surface area contributed by atoms with Crippen molar-refractivity contribution >= 4 is 23.4 Å². The van der Waals surface area contributed by atoms with E-state index in [4.69, 9.17) is 0 Å². The summed E-state index contributed by atoms with van der Waals surface area (Å²) in [4.78, 5) is 35.7. The highest BCUT2D eigenvalue weighted by Crippen LogP contribution is 2.08. The Balaban J connectivity index is 1.77. The van der Waals surface area contributed by atoms with Gasteiger partial charge in [-0.2, -0.15) is 0 Å². The summed E-state index contributed by atoms with van der Waals surface area (Å²) >= 11 is 0. The van der Waals surface area contributed by atoms with Crippen LogP contribution in [-0.2, 0) is 20.8 Å². The van der Waals surface area contributed by atoms with Gasteiger partial charge in [0.25, 0.3) is 0 Å². The average molecular weight is 375 g/mol. The largest absolute Gasteiger partial charge is 0.345 e. The van der Waals surface area contributed by atoms with Crippen LogP contribution in [0.3, 0.4) is 0 Å². The van der Waals surface area contributed by atoms with Crippen molar-refractivity contribution in [3.63, 3.8) is 0 Å². The fourth-order valence-electron chi connectivity index (χ4n) is 2.30. The summed E-state index contributed by atoms with van der Waals surface area (Å²) in [5, 5.41) is 7.43. The van der Waals surface area contributed by atoms with Crippen molar-refractivity contribution in [3.8, 4) is 0 Å². The molecule has 0 bridgehead atoms. The van der Waals surface area contributed by atoms with Gasteiger partial charge in [0.15, 0.2) is 0 Å². The molecule has 3 amide bonds. The average Bonchev–Trinajstić information content (AvgIpc) is 2.59. The number of nitrogens with one attached hydrogen (secondary N) is 3. The van der Waals surface area contributed by atoms with Crippen molar-refractivity contribution in [2.45, 2.75) is 19.4 Å². The summed E-state index contributed by atoms with van der Waals surface area (Å²) in [6, 6.07) is 10.6. The normalized spacial score (nSPS) is 11.4. The summed E-state index contributed by atoms with van der Waals surface area (Å²) in [6.45, 7) is 1.18. The number of halogens is 2. The molecule has 142 valence electrons. The third-order valence-electron chi connectivity index (χ3n) is 3.54. The standard InChI is InChI=1S/C19H19F2N3O3/c1-12(23-17(25)9-13-7-14(20)10-15(21)8-13)19(27)22-11-18(26)24-16-5-3-2-4-6-16/h2-8,10,12H,9,11H2,1H3,(H,22,27)(H,23,25)(H,24,26)/t12-/m0/s1. The summed E-state index contributed by atoms with van der Waals surface area (Å²) in [7, 11) is 0. The van der Waals surface area contributed by atoms with Crippen LogP contribution in [0.1, 0.15) is 12.5 Å². The maximum atomic E-state index is 13.1. The summed E-state index contributed by atoms with van der Waals surface area (Å²) < 4.78 is 26.3. The minimum Gasteiger partial charge on any atom is -0.345 e. The van der Waals surface area contributed by atoms with Crippen LogP contribution in [0, 0.1) is 11.6 Å². The lowest BCUT2D eigenvalue weighted by Crippen LogP contribution is -2.47. The molecule has 2 aromatic carbocycles. The zero-order chi connectivity index (χ0) is 19.8. The zero-order valence-electron chi connectivity index (χ0n) is 14.6. The Morgan fingerprint density at radius 1 is 0.963 bits per heavy atom. The van der Waals surface area contributed by atoms with E-state index in [1.807, 2.05) is 0 Å². The van der Waals surface area contributed by atoms with Gasteiger partial charge >= 0.3 is 0 Å². The quantitative estimate of drug-likeness (QED) is 0.689. The Morgan fingerprint density at radius 3 is 2.22 bits per heavy atom. The Labute approximate surface area is 155 Å². The van der Waals surface area contributed by atoms with Crippen LogP contribution in [0.4, 0.5) is 14.5 Å². The molecule has 6 nitrogen and oxygen atoms in total. The molecular weight excluding hydrogens is 356 g/mol. The van der Waals surface area contributed by atoms with E-state index in [0.29, 0.717) is 11.8 Å². The van der Waals surface area contributed by atoms with Gasteiger partial charge < -0.3 is 16.0 Å². The molecule has 3 N–H and O–H groups in total. The van der Waals surface area contributed by atoms with Crippen LogP contribution in [0.2, 0.25) is 0 Å².